The van der Waals surface area contributed by atoms with Gasteiger partial charge in [-0.3, -0.25) is 4.79 Å². The van der Waals surface area contributed by atoms with Crippen molar-refractivity contribution >= 4 is 23.4 Å². The van der Waals surface area contributed by atoms with E-state index in [9.17, 15) is 14.4 Å². The van der Waals surface area contributed by atoms with Crippen LogP contribution in [0, 0.1) is 17.1 Å². The molecule has 4 rings (SSSR count). The number of anilines is 3. The van der Waals surface area contributed by atoms with Gasteiger partial charge in [0, 0.05) is 11.6 Å². The minimum absolute atomic E-state index is 0.0247. The van der Waals surface area contributed by atoms with Crippen molar-refractivity contribution in [1.82, 2.24) is 15.0 Å². The molecule has 0 radical (unpaired) electrons. The summed E-state index contributed by atoms with van der Waals surface area (Å²) < 4.78 is 13.5. The van der Waals surface area contributed by atoms with Crippen molar-refractivity contribution in [3.8, 4) is 6.07 Å². The van der Waals surface area contributed by atoms with Gasteiger partial charge in [0.1, 0.15) is 5.82 Å². The van der Waals surface area contributed by atoms with E-state index in [-0.39, 0.29) is 23.5 Å². The molecule has 1 aromatic heterocycles. The fraction of sp³-hybridized carbons (Fsp3) is 0.150. The second-order valence-corrected chi connectivity index (χ2v) is 6.43. The zero-order chi connectivity index (χ0) is 19.7. The molecular weight excluding hydrogens is 359 g/mol. The molecule has 8 heteroatoms. The molecule has 1 aliphatic rings. The van der Waals surface area contributed by atoms with Gasteiger partial charge in [0.25, 0.3) is 0 Å². The van der Waals surface area contributed by atoms with Crippen LogP contribution in [0.5, 0.6) is 0 Å². The number of halogens is 1. The number of nitrogens with zero attached hydrogens (tertiary/aromatic N) is 4. The lowest BCUT2D eigenvalue weighted by Gasteiger charge is -2.30. The molecule has 0 aliphatic heterocycles. The number of hydrogen-bond donors (Lipinski definition) is 2. The normalized spacial score (nSPS) is 15.6. The number of ketones is 1. The fourth-order valence-corrected chi connectivity index (χ4v) is 3.22. The van der Waals surface area contributed by atoms with Gasteiger partial charge >= 0.3 is 0 Å². The van der Waals surface area contributed by atoms with Gasteiger partial charge in [-0.2, -0.15) is 20.2 Å². The van der Waals surface area contributed by atoms with Gasteiger partial charge in [0.05, 0.1) is 6.07 Å². The number of hydrogen-bond acceptors (Lipinski definition) is 7. The highest BCUT2D eigenvalue weighted by molar-refractivity contribution is 5.95. The molecule has 2 atom stereocenters. The Morgan fingerprint density at radius 1 is 1.21 bits per heavy atom. The molecule has 2 aromatic carbocycles. The average Bonchev–Trinajstić information content (AvgIpc) is 2.65. The second-order valence-electron chi connectivity index (χ2n) is 6.43. The largest absolute Gasteiger partial charge is 0.368 e. The maximum atomic E-state index is 13.5. The summed E-state index contributed by atoms with van der Waals surface area (Å²) in [7, 11) is 0. The van der Waals surface area contributed by atoms with Crippen LogP contribution in [0.2, 0.25) is 0 Å². The standard InChI is InChI=1S/C20H15FN6O/c21-12-7-6-11-8-15(14(11)9-12)17(28)16(10-22)18-25-19(23)27-20(26-18)24-13-4-2-1-3-5-13/h1-7,9,15-16H,8H2,(H3,23,24,25,26,27). The number of rotatable bonds is 5. The molecule has 0 bridgehead atoms. The number of aromatic nitrogens is 3. The maximum Gasteiger partial charge on any atom is 0.232 e. The summed E-state index contributed by atoms with van der Waals surface area (Å²) in [4.78, 5) is 25.1. The molecule has 0 saturated heterocycles. The van der Waals surface area contributed by atoms with Gasteiger partial charge < -0.3 is 11.1 Å². The van der Waals surface area contributed by atoms with Crippen LogP contribution < -0.4 is 11.1 Å². The Labute approximate surface area is 160 Å². The lowest BCUT2D eigenvalue weighted by molar-refractivity contribution is -0.121. The van der Waals surface area contributed by atoms with Crippen molar-refractivity contribution in [2.45, 2.75) is 18.3 Å². The fourth-order valence-electron chi connectivity index (χ4n) is 3.22. The van der Waals surface area contributed by atoms with Gasteiger partial charge in [0.2, 0.25) is 11.9 Å². The molecule has 0 amide bonds. The Hall–Kier alpha value is -3.86. The molecule has 0 fully saturated rings. The monoisotopic (exact) mass is 374 g/mol. The molecule has 1 heterocycles. The van der Waals surface area contributed by atoms with Crippen LogP contribution >= 0.6 is 0 Å². The molecule has 3 N–H and O–H groups in total. The first-order valence-corrected chi connectivity index (χ1v) is 8.60. The highest BCUT2D eigenvalue weighted by Gasteiger charge is 2.38. The Bertz CT molecular complexity index is 1100. The first-order valence-electron chi connectivity index (χ1n) is 8.60. The van der Waals surface area contributed by atoms with Crippen molar-refractivity contribution in [2.75, 3.05) is 11.1 Å². The lowest BCUT2D eigenvalue weighted by Crippen LogP contribution is -2.30. The quantitative estimate of drug-likeness (QED) is 0.705. The summed E-state index contributed by atoms with van der Waals surface area (Å²) in [5, 5.41) is 12.6. The topological polar surface area (TPSA) is 118 Å². The SMILES string of the molecule is N#CC(C(=O)C1Cc2ccc(F)cc21)c1nc(N)nc(Nc2ccccc2)n1. The molecule has 138 valence electrons. The van der Waals surface area contributed by atoms with E-state index in [0.29, 0.717) is 12.0 Å². The van der Waals surface area contributed by atoms with Crippen molar-refractivity contribution in [3.05, 3.63) is 71.3 Å². The zero-order valence-corrected chi connectivity index (χ0v) is 14.6. The molecule has 28 heavy (non-hydrogen) atoms. The number of carbonyl (C=O) groups excluding carboxylic acids is 1. The first kappa shape index (κ1) is 17.5. The highest BCUT2D eigenvalue weighted by Crippen LogP contribution is 2.39. The van der Waals surface area contributed by atoms with Gasteiger partial charge in [-0.1, -0.05) is 24.3 Å². The van der Waals surface area contributed by atoms with Crippen LogP contribution in [0.3, 0.4) is 0 Å². The molecule has 2 unspecified atom stereocenters. The van der Waals surface area contributed by atoms with Crippen molar-refractivity contribution in [3.63, 3.8) is 0 Å². The van der Waals surface area contributed by atoms with Gasteiger partial charge in [0.15, 0.2) is 17.5 Å². The molecule has 0 saturated carbocycles. The Kier molecular flexibility index (Phi) is 4.41. The van der Waals surface area contributed by atoms with Gasteiger partial charge in [-0.15, -0.1) is 0 Å². The van der Waals surface area contributed by atoms with Crippen molar-refractivity contribution in [1.29, 1.82) is 5.26 Å². The Morgan fingerprint density at radius 3 is 2.75 bits per heavy atom. The van der Waals surface area contributed by atoms with E-state index in [2.05, 4.69) is 20.3 Å². The summed E-state index contributed by atoms with van der Waals surface area (Å²) in [5.74, 6) is -2.55. The Balaban J connectivity index is 1.62. The number of nitrogens with two attached hydrogens (primary N) is 1. The first-order chi connectivity index (χ1) is 13.5. The number of nitriles is 1. The van der Waals surface area contributed by atoms with E-state index in [1.807, 2.05) is 36.4 Å². The number of nitrogens with one attached hydrogen (secondary N) is 1. The van der Waals surface area contributed by atoms with Crippen molar-refractivity contribution < 1.29 is 9.18 Å². The van der Waals surface area contributed by atoms with Gasteiger partial charge in [-0.05, 0) is 41.8 Å². The summed E-state index contributed by atoms with van der Waals surface area (Å²) in [6.07, 6.45) is 0.461. The molecule has 7 nitrogen and oxygen atoms in total. The summed E-state index contributed by atoms with van der Waals surface area (Å²) in [6.45, 7) is 0. The Morgan fingerprint density at radius 2 is 2.00 bits per heavy atom. The van der Waals surface area contributed by atoms with Crippen LogP contribution in [0.15, 0.2) is 48.5 Å². The second kappa shape index (κ2) is 7.04. The van der Waals surface area contributed by atoms with E-state index in [0.717, 1.165) is 11.3 Å². The number of fused-ring (bicyclic) bond motifs is 1. The molecule has 3 aromatic rings. The maximum absolute atomic E-state index is 13.5. The van der Waals surface area contributed by atoms with Crippen LogP contribution in [0.4, 0.5) is 22.0 Å². The van der Waals surface area contributed by atoms with E-state index >= 15 is 0 Å². The number of Topliss-reactive ketones (excluding diaryl/α,β-unsaturated/α-hetero) is 1. The summed E-state index contributed by atoms with van der Waals surface area (Å²) in [6, 6.07) is 15.5. The smallest absolute Gasteiger partial charge is 0.232 e. The van der Waals surface area contributed by atoms with E-state index < -0.39 is 17.7 Å². The lowest BCUT2D eigenvalue weighted by atomic mass is 9.72. The molecule has 0 spiro atoms. The summed E-state index contributed by atoms with van der Waals surface area (Å²) >= 11 is 0. The zero-order valence-electron chi connectivity index (χ0n) is 14.6. The minimum atomic E-state index is -1.22. The van der Waals surface area contributed by atoms with Crippen LogP contribution in [-0.2, 0) is 11.2 Å². The van der Waals surface area contributed by atoms with Gasteiger partial charge in [-0.25, -0.2) is 4.39 Å². The number of nitrogen functional groups attached to an aromatic ring is 1. The van der Waals surface area contributed by atoms with Crippen LogP contribution in [0.25, 0.3) is 0 Å². The van der Waals surface area contributed by atoms with Crippen molar-refractivity contribution in [2.24, 2.45) is 0 Å². The number of carbonyl (C=O) groups is 1. The third kappa shape index (κ3) is 3.25. The average molecular weight is 374 g/mol. The molecule has 1 aliphatic carbocycles. The van der Waals surface area contributed by atoms with E-state index in [4.69, 9.17) is 5.73 Å². The predicted molar refractivity (Wildman–Crippen MR) is 100 cm³/mol. The van der Waals surface area contributed by atoms with E-state index in [1.54, 1.807) is 6.07 Å². The highest BCUT2D eigenvalue weighted by atomic mass is 19.1. The third-order valence-electron chi connectivity index (χ3n) is 4.62. The summed E-state index contributed by atoms with van der Waals surface area (Å²) in [5.41, 5.74) is 7.98. The van der Waals surface area contributed by atoms with Crippen LogP contribution in [0.1, 0.15) is 28.8 Å². The van der Waals surface area contributed by atoms with E-state index in [1.165, 1.54) is 12.1 Å². The van der Waals surface area contributed by atoms with Crippen LogP contribution in [-0.4, -0.2) is 20.7 Å². The minimum Gasteiger partial charge on any atom is -0.368 e. The third-order valence-corrected chi connectivity index (χ3v) is 4.62. The number of para-hydroxylation sites is 1. The predicted octanol–water partition coefficient (Wildman–Crippen LogP) is 2.85. The number of benzene rings is 2. The molecular formula is C20H15FN6O.